The minimum atomic E-state index is -4.55. The Morgan fingerprint density at radius 1 is 1.43 bits per heavy atom. The third kappa shape index (κ3) is 6.41. The summed E-state index contributed by atoms with van der Waals surface area (Å²) in [6.45, 7) is 8.36. The number of alkyl halides is 3. The lowest BCUT2D eigenvalue weighted by molar-refractivity contribution is -0.137. The third-order valence-electron chi connectivity index (χ3n) is 4.16. The fourth-order valence-corrected chi connectivity index (χ4v) is 2.96. The van der Waals surface area contributed by atoms with E-state index in [9.17, 15) is 18.0 Å². The number of pyridine rings is 1. The Labute approximate surface area is 167 Å². The van der Waals surface area contributed by atoms with E-state index >= 15 is 0 Å². The Morgan fingerprint density at radius 2 is 2.11 bits per heavy atom. The zero-order chi connectivity index (χ0) is 21.1. The summed E-state index contributed by atoms with van der Waals surface area (Å²) in [5, 5.41) is 2.73. The summed E-state index contributed by atoms with van der Waals surface area (Å²) >= 11 is 5.74. The highest BCUT2D eigenvalue weighted by Gasteiger charge is 2.35. The van der Waals surface area contributed by atoms with Crippen LogP contribution in [0.5, 0.6) is 0 Å². The topological polar surface area (TPSA) is 63.7 Å². The van der Waals surface area contributed by atoms with Crippen molar-refractivity contribution < 1.29 is 27.4 Å². The number of hydrogen-bond donors (Lipinski definition) is 1. The highest BCUT2D eigenvalue weighted by molar-refractivity contribution is 6.29. The van der Waals surface area contributed by atoms with Crippen molar-refractivity contribution in [1.29, 1.82) is 0 Å². The Kier molecular flexibility index (Phi) is 7.03. The monoisotopic (exact) mass is 423 g/mol. The van der Waals surface area contributed by atoms with Crippen LogP contribution in [0.4, 0.5) is 23.7 Å². The van der Waals surface area contributed by atoms with E-state index in [1.54, 1.807) is 25.7 Å². The van der Waals surface area contributed by atoms with Gasteiger partial charge in [0.25, 0.3) is 0 Å². The smallest absolute Gasteiger partial charge is 0.419 e. The first-order chi connectivity index (χ1) is 12.9. The Morgan fingerprint density at radius 3 is 2.71 bits per heavy atom. The van der Waals surface area contributed by atoms with Gasteiger partial charge in [-0.3, -0.25) is 0 Å². The molecule has 1 saturated heterocycles. The average Bonchev–Trinajstić information content (AvgIpc) is 2.72. The molecule has 0 radical (unpaired) electrons. The summed E-state index contributed by atoms with van der Waals surface area (Å²) in [5.74, 6) is -0.117. The molecule has 2 rings (SSSR count). The zero-order valence-corrected chi connectivity index (χ0v) is 17.0. The van der Waals surface area contributed by atoms with Gasteiger partial charge in [-0.2, -0.15) is 13.2 Å². The average molecular weight is 424 g/mol. The maximum atomic E-state index is 13.2. The van der Waals surface area contributed by atoms with Crippen molar-refractivity contribution in [1.82, 2.24) is 9.88 Å². The van der Waals surface area contributed by atoms with Crippen LogP contribution in [0.25, 0.3) is 0 Å². The Bertz CT molecular complexity index is 695. The molecule has 1 aromatic rings. The number of nitrogens with one attached hydrogen (secondary N) is 1. The predicted octanol–water partition coefficient (Wildman–Crippen LogP) is 4.44. The third-order valence-corrected chi connectivity index (χ3v) is 4.36. The maximum Gasteiger partial charge on any atom is 0.419 e. The number of nitrogens with zero attached hydrogens (tertiary/aromatic N) is 2. The number of hydrogen-bond acceptors (Lipinski definition) is 5. The van der Waals surface area contributed by atoms with Crippen LogP contribution < -0.4 is 5.32 Å². The van der Waals surface area contributed by atoms with Gasteiger partial charge in [-0.1, -0.05) is 18.5 Å². The van der Waals surface area contributed by atoms with Crippen molar-refractivity contribution in [3.63, 3.8) is 0 Å². The van der Waals surface area contributed by atoms with Crippen molar-refractivity contribution in [2.45, 2.75) is 45.6 Å². The molecule has 1 aliphatic rings. The molecule has 2 heterocycles. The summed E-state index contributed by atoms with van der Waals surface area (Å²) in [6.07, 6.45) is -4.67. The number of ether oxygens (including phenoxy) is 2. The van der Waals surface area contributed by atoms with Crippen LogP contribution in [0.1, 0.15) is 33.3 Å². The fourth-order valence-electron chi connectivity index (χ4n) is 2.80. The van der Waals surface area contributed by atoms with Gasteiger partial charge in [0, 0.05) is 31.7 Å². The van der Waals surface area contributed by atoms with Gasteiger partial charge in [0.2, 0.25) is 0 Å². The molecule has 1 aromatic heterocycles. The fraction of sp³-hybridized carbons (Fsp3) is 0.667. The lowest BCUT2D eigenvalue weighted by Gasteiger charge is -2.28. The second-order valence-corrected chi connectivity index (χ2v) is 8.13. The van der Waals surface area contributed by atoms with E-state index < -0.39 is 23.4 Å². The zero-order valence-electron chi connectivity index (χ0n) is 16.3. The van der Waals surface area contributed by atoms with Crippen molar-refractivity contribution in [2.24, 2.45) is 5.92 Å². The maximum absolute atomic E-state index is 13.2. The highest BCUT2D eigenvalue weighted by atomic mass is 35.5. The number of anilines is 1. The highest BCUT2D eigenvalue weighted by Crippen LogP contribution is 2.35. The molecule has 1 fully saturated rings. The predicted molar refractivity (Wildman–Crippen MR) is 99.4 cm³/mol. The molecule has 2 unspecified atom stereocenters. The summed E-state index contributed by atoms with van der Waals surface area (Å²) in [5.41, 5.74) is -1.66. The second kappa shape index (κ2) is 8.73. The standard InChI is InChI=1S/C18H25ClF3N3O3/c1-11-10-25(16(26)28-17(2,3)4)5-6-27-14(11)9-23-13-7-15(19)24-8-12(13)18(20,21)22/h7-8,11,14H,5-6,9-10H2,1-4H3,(H,23,24). The molecule has 2 atom stereocenters. The Balaban J connectivity index is 2.03. The molecule has 158 valence electrons. The first-order valence-electron chi connectivity index (χ1n) is 8.93. The first kappa shape index (κ1) is 22.5. The van der Waals surface area contributed by atoms with Gasteiger partial charge in [0.15, 0.2) is 0 Å². The van der Waals surface area contributed by atoms with Gasteiger partial charge < -0.3 is 19.7 Å². The van der Waals surface area contributed by atoms with E-state index in [0.29, 0.717) is 19.3 Å². The molecule has 6 nitrogen and oxygen atoms in total. The van der Waals surface area contributed by atoms with Crippen LogP contribution in [0.15, 0.2) is 12.3 Å². The van der Waals surface area contributed by atoms with Crippen molar-refractivity contribution >= 4 is 23.4 Å². The minimum absolute atomic E-state index is 0.0403. The van der Waals surface area contributed by atoms with E-state index in [2.05, 4.69) is 10.3 Å². The molecule has 10 heteroatoms. The van der Waals surface area contributed by atoms with Gasteiger partial charge >= 0.3 is 12.3 Å². The van der Waals surface area contributed by atoms with Crippen molar-refractivity contribution in [3.8, 4) is 0 Å². The van der Waals surface area contributed by atoms with Gasteiger partial charge in [0.05, 0.1) is 24.0 Å². The molecule has 0 aromatic carbocycles. The summed E-state index contributed by atoms with van der Waals surface area (Å²) < 4.78 is 50.6. The van der Waals surface area contributed by atoms with Gasteiger partial charge in [-0.25, -0.2) is 9.78 Å². The van der Waals surface area contributed by atoms with Crippen LogP contribution in [0.3, 0.4) is 0 Å². The van der Waals surface area contributed by atoms with Crippen LogP contribution in [-0.2, 0) is 15.7 Å². The number of aromatic nitrogens is 1. The van der Waals surface area contributed by atoms with E-state index in [1.165, 1.54) is 0 Å². The quantitative estimate of drug-likeness (QED) is 0.728. The number of halogens is 4. The van der Waals surface area contributed by atoms with Crippen molar-refractivity contribution in [3.05, 3.63) is 23.0 Å². The van der Waals surface area contributed by atoms with Crippen LogP contribution >= 0.6 is 11.6 Å². The summed E-state index contributed by atoms with van der Waals surface area (Å²) in [6, 6.07) is 1.14. The molecule has 1 aliphatic heterocycles. The van der Waals surface area contributed by atoms with Crippen LogP contribution in [0.2, 0.25) is 5.15 Å². The largest absolute Gasteiger partial charge is 0.444 e. The molecule has 28 heavy (non-hydrogen) atoms. The molecule has 1 amide bonds. The molecule has 1 N–H and O–H groups in total. The summed E-state index contributed by atoms with van der Waals surface area (Å²) in [7, 11) is 0. The van der Waals surface area contributed by atoms with Crippen molar-refractivity contribution in [2.75, 3.05) is 31.6 Å². The lowest BCUT2D eigenvalue weighted by Crippen LogP contribution is -2.40. The van der Waals surface area contributed by atoms with Crippen LogP contribution in [0, 0.1) is 5.92 Å². The molecule has 0 saturated carbocycles. The normalized spacial score (nSPS) is 21.2. The van der Waals surface area contributed by atoms with Gasteiger partial charge in [-0.05, 0) is 26.8 Å². The number of rotatable bonds is 3. The van der Waals surface area contributed by atoms with E-state index in [4.69, 9.17) is 21.1 Å². The van der Waals surface area contributed by atoms with Gasteiger partial charge in [-0.15, -0.1) is 0 Å². The molecule has 0 bridgehead atoms. The molecule has 0 aliphatic carbocycles. The number of carbonyl (C=O) groups is 1. The molecule has 0 spiro atoms. The van der Waals surface area contributed by atoms with Crippen LogP contribution in [-0.4, -0.2) is 53.9 Å². The summed E-state index contributed by atoms with van der Waals surface area (Å²) in [4.78, 5) is 17.3. The lowest BCUT2D eigenvalue weighted by atomic mass is 10.0. The number of amides is 1. The SMILES string of the molecule is CC1CN(C(=O)OC(C)(C)C)CCOC1CNc1cc(Cl)ncc1C(F)(F)F. The first-order valence-corrected chi connectivity index (χ1v) is 9.31. The van der Waals surface area contributed by atoms with E-state index in [0.717, 1.165) is 6.07 Å². The number of carbonyl (C=O) groups excluding carboxylic acids is 1. The molecular formula is C18H25ClF3N3O3. The minimum Gasteiger partial charge on any atom is -0.444 e. The second-order valence-electron chi connectivity index (χ2n) is 7.74. The Hall–Kier alpha value is -1.74. The van der Waals surface area contributed by atoms with Gasteiger partial charge in [0.1, 0.15) is 10.8 Å². The van der Waals surface area contributed by atoms with E-state index in [-0.39, 0.29) is 36.0 Å². The molecular weight excluding hydrogens is 399 g/mol. The van der Waals surface area contributed by atoms with E-state index in [1.807, 2.05) is 6.92 Å².